The molecule has 0 amide bonds. The molecule has 0 bridgehead atoms. The first-order valence-corrected chi connectivity index (χ1v) is 10.4. The van der Waals surface area contributed by atoms with Gasteiger partial charge in [0.2, 0.25) is 10.0 Å². The number of nitrogens with zero attached hydrogens (tertiary/aromatic N) is 3. The van der Waals surface area contributed by atoms with Crippen LogP contribution in [-0.4, -0.2) is 41.5 Å². The molecule has 1 fully saturated rings. The largest absolute Gasteiger partial charge is 0.278 e. The van der Waals surface area contributed by atoms with Gasteiger partial charge in [0.1, 0.15) is 4.90 Å². The molecular weight excluding hydrogens is 350 g/mol. The summed E-state index contributed by atoms with van der Waals surface area (Å²) in [6.07, 6.45) is 3.84. The third-order valence-electron chi connectivity index (χ3n) is 4.88. The summed E-state index contributed by atoms with van der Waals surface area (Å²) in [5.41, 5.74) is 2.28. The topological polar surface area (TPSA) is 72.3 Å². The average molecular weight is 375 g/mol. The van der Waals surface area contributed by atoms with Gasteiger partial charge in [-0.15, -0.1) is 0 Å². The van der Waals surface area contributed by atoms with Gasteiger partial charge < -0.3 is 0 Å². The smallest absolute Gasteiger partial charge is 0.267 e. The highest BCUT2D eigenvalue weighted by Gasteiger charge is 2.32. The molecular formula is C19H25N3O3S. The van der Waals surface area contributed by atoms with E-state index in [-0.39, 0.29) is 10.8 Å². The summed E-state index contributed by atoms with van der Waals surface area (Å²) in [7, 11) is -3.65. The van der Waals surface area contributed by atoms with Crippen LogP contribution >= 0.6 is 0 Å². The van der Waals surface area contributed by atoms with Crippen molar-refractivity contribution in [1.82, 2.24) is 14.1 Å². The lowest BCUT2D eigenvalue weighted by molar-refractivity contribution is 0.0942. The van der Waals surface area contributed by atoms with Crippen LogP contribution < -0.4 is 0 Å². The van der Waals surface area contributed by atoms with Gasteiger partial charge >= 0.3 is 0 Å². The van der Waals surface area contributed by atoms with Gasteiger partial charge in [-0.25, -0.2) is 8.42 Å². The minimum Gasteiger partial charge on any atom is -0.267 e. The second-order valence-corrected chi connectivity index (χ2v) is 8.78. The summed E-state index contributed by atoms with van der Waals surface area (Å²) in [4.78, 5) is 13.0. The van der Waals surface area contributed by atoms with Crippen molar-refractivity contribution >= 4 is 15.9 Å². The van der Waals surface area contributed by atoms with Crippen molar-refractivity contribution in [3.63, 3.8) is 0 Å². The Kier molecular flexibility index (Phi) is 5.29. The minimum atomic E-state index is -3.65. The highest BCUT2D eigenvalue weighted by molar-refractivity contribution is 7.89. The first-order valence-electron chi connectivity index (χ1n) is 9.00. The molecule has 1 aromatic carbocycles. The SMILES string of the molecule is Cc1ccc(C(=O)n2nc(C)c(S(=O)(=O)N3CCCCCC3)c2C)cc1. The monoisotopic (exact) mass is 375 g/mol. The highest BCUT2D eigenvalue weighted by atomic mass is 32.2. The predicted octanol–water partition coefficient (Wildman–Crippen LogP) is 3.06. The quantitative estimate of drug-likeness (QED) is 0.826. The second kappa shape index (κ2) is 7.32. The van der Waals surface area contributed by atoms with E-state index in [9.17, 15) is 13.2 Å². The molecule has 1 aliphatic heterocycles. The Balaban J connectivity index is 1.99. The van der Waals surface area contributed by atoms with Gasteiger partial charge in [-0.3, -0.25) is 4.79 Å². The first-order chi connectivity index (χ1) is 12.3. The van der Waals surface area contributed by atoms with E-state index in [1.165, 1.54) is 8.99 Å². The van der Waals surface area contributed by atoms with Crippen molar-refractivity contribution in [2.75, 3.05) is 13.1 Å². The molecule has 2 heterocycles. The minimum absolute atomic E-state index is 0.167. The Labute approximate surface area is 154 Å². The van der Waals surface area contributed by atoms with E-state index in [4.69, 9.17) is 0 Å². The van der Waals surface area contributed by atoms with Crippen LogP contribution in [-0.2, 0) is 10.0 Å². The van der Waals surface area contributed by atoms with Gasteiger partial charge in [0.15, 0.2) is 0 Å². The zero-order valence-corrected chi connectivity index (χ0v) is 16.3. The molecule has 1 aromatic heterocycles. The zero-order chi connectivity index (χ0) is 18.9. The van der Waals surface area contributed by atoms with E-state index >= 15 is 0 Å². The molecule has 1 saturated heterocycles. The van der Waals surface area contributed by atoms with Crippen LogP contribution in [0, 0.1) is 20.8 Å². The van der Waals surface area contributed by atoms with Crippen molar-refractivity contribution in [3.05, 3.63) is 46.8 Å². The molecule has 2 aromatic rings. The van der Waals surface area contributed by atoms with Crippen molar-refractivity contribution in [2.24, 2.45) is 0 Å². The number of aryl methyl sites for hydroxylation is 2. The Morgan fingerprint density at radius 2 is 1.54 bits per heavy atom. The average Bonchev–Trinajstić information content (AvgIpc) is 2.80. The molecule has 0 saturated carbocycles. The molecule has 26 heavy (non-hydrogen) atoms. The molecule has 0 spiro atoms. The maximum absolute atomic E-state index is 13.2. The van der Waals surface area contributed by atoms with Crippen LogP contribution in [0.25, 0.3) is 0 Å². The summed E-state index contributed by atoms with van der Waals surface area (Å²) in [6.45, 7) is 6.30. The number of carbonyl (C=O) groups is 1. The van der Waals surface area contributed by atoms with E-state index in [0.29, 0.717) is 30.0 Å². The van der Waals surface area contributed by atoms with Crippen LogP contribution in [0.2, 0.25) is 0 Å². The fourth-order valence-electron chi connectivity index (χ4n) is 3.43. The Hall–Kier alpha value is -1.99. The Morgan fingerprint density at radius 1 is 0.962 bits per heavy atom. The third kappa shape index (κ3) is 3.46. The van der Waals surface area contributed by atoms with E-state index in [0.717, 1.165) is 31.2 Å². The number of benzene rings is 1. The molecule has 0 radical (unpaired) electrons. The molecule has 0 atom stereocenters. The lowest BCUT2D eigenvalue weighted by Gasteiger charge is -2.20. The Bertz CT molecular complexity index is 906. The van der Waals surface area contributed by atoms with Gasteiger partial charge in [-0.05, 0) is 45.7 Å². The number of hydrogen-bond acceptors (Lipinski definition) is 4. The lowest BCUT2D eigenvalue weighted by atomic mass is 10.1. The summed E-state index contributed by atoms with van der Waals surface area (Å²) < 4.78 is 29.1. The summed E-state index contributed by atoms with van der Waals surface area (Å²) >= 11 is 0. The number of sulfonamides is 1. The summed E-state index contributed by atoms with van der Waals surface area (Å²) in [5, 5.41) is 4.25. The molecule has 3 rings (SSSR count). The van der Waals surface area contributed by atoms with Crippen LogP contribution in [0.1, 0.15) is 53.0 Å². The fraction of sp³-hybridized carbons (Fsp3) is 0.474. The molecule has 0 aliphatic carbocycles. The third-order valence-corrected chi connectivity index (χ3v) is 7.03. The Morgan fingerprint density at radius 3 is 2.12 bits per heavy atom. The van der Waals surface area contributed by atoms with Crippen LogP contribution in [0.15, 0.2) is 29.2 Å². The number of aromatic nitrogens is 2. The maximum atomic E-state index is 13.2. The van der Waals surface area contributed by atoms with Gasteiger partial charge in [0.25, 0.3) is 5.91 Å². The van der Waals surface area contributed by atoms with Crippen molar-refractivity contribution in [3.8, 4) is 0 Å². The number of rotatable bonds is 3. The summed E-state index contributed by atoms with van der Waals surface area (Å²) in [6, 6.07) is 7.18. The van der Waals surface area contributed by atoms with Gasteiger partial charge in [0.05, 0.1) is 11.4 Å². The van der Waals surface area contributed by atoms with Crippen molar-refractivity contribution < 1.29 is 13.2 Å². The van der Waals surface area contributed by atoms with Crippen LogP contribution in [0.5, 0.6) is 0 Å². The lowest BCUT2D eigenvalue weighted by Crippen LogP contribution is -2.32. The molecule has 1 aliphatic rings. The van der Waals surface area contributed by atoms with E-state index in [1.807, 2.05) is 19.1 Å². The summed E-state index contributed by atoms with van der Waals surface area (Å²) in [5.74, 6) is -0.317. The van der Waals surface area contributed by atoms with E-state index in [1.54, 1.807) is 26.0 Å². The maximum Gasteiger partial charge on any atom is 0.278 e. The fourth-order valence-corrected chi connectivity index (χ4v) is 5.30. The van der Waals surface area contributed by atoms with Gasteiger partial charge in [0, 0.05) is 18.7 Å². The van der Waals surface area contributed by atoms with Crippen LogP contribution in [0.3, 0.4) is 0 Å². The number of hydrogen-bond donors (Lipinski definition) is 0. The molecule has 6 nitrogen and oxygen atoms in total. The highest BCUT2D eigenvalue weighted by Crippen LogP contribution is 2.26. The standard InChI is InChI=1S/C19H25N3O3S/c1-14-8-10-17(11-9-14)19(23)22-16(3)18(15(2)20-22)26(24,25)21-12-6-4-5-7-13-21/h8-11H,4-7,12-13H2,1-3H3. The molecule has 0 unspecified atom stereocenters. The predicted molar refractivity (Wildman–Crippen MR) is 99.8 cm³/mol. The van der Waals surface area contributed by atoms with E-state index < -0.39 is 10.0 Å². The normalized spacial score (nSPS) is 16.4. The second-order valence-electron chi connectivity index (χ2n) is 6.90. The molecule has 0 N–H and O–H groups in total. The van der Waals surface area contributed by atoms with Crippen molar-refractivity contribution in [1.29, 1.82) is 0 Å². The van der Waals surface area contributed by atoms with Crippen molar-refractivity contribution in [2.45, 2.75) is 51.3 Å². The number of carbonyl (C=O) groups excluding carboxylic acids is 1. The van der Waals surface area contributed by atoms with Crippen LogP contribution in [0.4, 0.5) is 0 Å². The first kappa shape index (κ1) is 18.8. The van der Waals surface area contributed by atoms with Gasteiger partial charge in [-0.1, -0.05) is 30.5 Å². The molecule has 140 valence electrons. The van der Waals surface area contributed by atoms with E-state index in [2.05, 4.69) is 5.10 Å². The zero-order valence-electron chi connectivity index (χ0n) is 15.5. The van der Waals surface area contributed by atoms with Gasteiger partial charge in [-0.2, -0.15) is 14.1 Å². The molecule has 7 heteroatoms.